The lowest BCUT2D eigenvalue weighted by Gasteiger charge is -2.21. The highest BCUT2D eigenvalue weighted by Crippen LogP contribution is 2.26. The minimum absolute atomic E-state index is 0.210. The molecule has 21 heavy (non-hydrogen) atoms. The molecule has 0 aliphatic heterocycles. The van der Waals surface area contributed by atoms with Crippen molar-refractivity contribution in [2.24, 2.45) is 0 Å². The molecule has 1 aromatic carbocycles. The lowest BCUT2D eigenvalue weighted by Crippen LogP contribution is -2.27. The summed E-state index contributed by atoms with van der Waals surface area (Å²) >= 11 is 3.42. The van der Waals surface area contributed by atoms with Gasteiger partial charge in [0.25, 0.3) is 0 Å². The number of hydrogen-bond donors (Lipinski definition) is 1. The van der Waals surface area contributed by atoms with Crippen LogP contribution in [0.5, 0.6) is 0 Å². The monoisotopic (exact) mass is 353 g/mol. The smallest absolute Gasteiger partial charge is 0.130 e. The van der Waals surface area contributed by atoms with Gasteiger partial charge in [-0.3, -0.25) is 0 Å². The van der Waals surface area contributed by atoms with Gasteiger partial charge in [0.15, 0.2) is 0 Å². The number of imidazole rings is 1. The van der Waals surface area contributed by atoms with Gasteiger partial charge < -0.3 is 9.88 Å². The van der Waals surface area contributed by atoms with Gasteiger partial charge in [0.1, 0.15) is 11.6 Å². The molecule has 0 radical (unpaired) electrons. The molecule has 0 saturated carbocycles. The molecule has 0 fully saturated rings. The van der Waals surface area contributed by atoms with E-state index in [1.165, 1.54) is 6.07 Å². The molecule has 0 amide bonds. The predicted octanol–water partition coefficient (Wildman–Crippen LogP) is 4.28. The summed E-state index contributed by atoms with van der Waals surface area (Å²) in [7, 11) is 0. The van der Waals surface area contributed by atoms with Crippen LogP contribution in [0.15, 0.2) is 35.1 Å². The minimum atomic E-state index is -0.232. The van der Waals surface area contributed by atoms with Crippen LogP contribution in [-0.4, -0.2) is 16.1 Å². The summed E-state index contributed by atoms with van der Waals surface area (Å²) in [6.07, 6.45) is 5.74. The first kappa shape index (κ1) is 16.2. The number of rotatable bonds is 7. The number of benzene rings is 1. The Morgan fingerprint density at radius 2 is 2.14 bits per heavy atom. The van der Waals surface area contributed by atoms with Crippen LogP contribution in [0.1, 0.15) is 44.1 Å². The Labute approximate surface area is 133 Å². The van der Waals surface area contributed by atoms with Crippen molar-refractivity contribution in [3.8, 4) is 0 Å². The molecule has 0 saturated heterocycles. The number of aryl methyl sites for hydroxylation is 1. The number of nitrogens with one attached hydrogen (secondary N) is 1. The second-order valence-corrected chi connectivity index (χ2v) is 5.95. The predicted molar refractivity (Wildman–Crippen MR) is 86.8 cm³/mol. The average Bonchev–Trinajstić information content (AvgIpc) is 2.92. The number of aromatic nitrogens is 2. The molecular weight excluding hydrogens is 333 g/mol. The van der Waals surface area contributed by atoms with Crippen LogP contribution in [-0.2, 0) is 6.54 Å². The van der Waals surface area contributed by atoms with Crippen LogP contribution in [0.3, 0.4) is 0 Å². The SMILES string of the molecule is CCCNC(c1cc(Br)ccc1F)c1nccn1CCC. The van der Waals surface area contributed by atoms with E-state index in [-0.39, 0.29) is 11.9 Å². The summed E-state index contributed by atoms with van der Waals surface area (Å²) in [5.41, 5.74) is 0.626. The maximum Gasteiger partial charge on any atom is 0.130 e. The normalized spacial score (nSPS) is 12.6. The first-order valence-corrected chi connectivity index (χ1v) is 8.16. The van der Waals surface area contributed by atoms with E-state index in [1.54, 1.807) is 12.3 Å². The number of hydrogen-bond acceptors (Lipinski definition) is 2. The highest BCUT2D eigenvalue weighted by Gasteiger charge is 2.21. The van der Waals surface area contributed by atoms with Crippen molar-refractivity contribution >= 4 is 15.9 Å². The molecule has 0 aliphatic rings. The van der Waals surface area contributed by atoms with E-state index >= 15 is 0 Å². The molecule has 0 spiro atoms. The van der Waals surface area contributed by atoms with Crippen molar-refractivity contribution in [2.75, 3.05) is 6.54 Å². The molecule has 114 valence electrons. The Balaban J connectivity index is 2.42. The van der Waals surface area contributed by atoms with Gasteiger partial charge >= 0.3 is 0 Å². The number of nitrogens with zero attached hydrogens (tertiary/aromatic N) is 2. The molecule has 0 aliphatic carbocycles. The van der Waals surface area contributed by atoms with Crippen LogP contribution in [0.25, 0.3) is 0 Å². The molecule has 5 heteroatoms. The Morgan fingerprint density at radius 1 is 1.33 bits per heavy atom. The fourth-order valence-electron chi connectivity index (χ4n) is 2.38. The largest absolute Gasteiger partial charge is 0.333 e. The first-order chi connectivity index (χ1) is 10.2. The second kappa shape index (κ2) is 7.71. The molecular formula is C16H21BrFN3. The lowest BCUT2D eigenvalue weighted by molar-refractivity contribution is 0.504. The van der Waals surface area contributed by atoms with Crippen LogP contribution in [0.4, 0.5) is 4.39 Å². The third-order valence-electron chi connectivity index (χ3n) is 3.34. The maximum absolute atomic E-state index is 14.3. The quantitative estimate of drug-likeness (QED) is 0.804. The zero-order valence-electron chi connectivity index (χ0n) is 12.4. The molecule has 2 rings (SSSR count). The van der Waals surface area contributed by atoms with Gasteiger partial charge in [0.2, 0.25) is 0 Å². The Morgan fingerprint density at radius 3 is 2.86 bits per heavy atom. The van der Waals surface area contributed by atoms with Crippen molar-refractivity contribution in [3.05, 3.63) is 52.3 Å². The van der Waals surface area contributed by atoms with Gasteiger partial charge in [-0.15, -0.1) is 0 Å². The fraction of sp³-hybridized carbons (Fsp3) is 0.438. The van der Waals surface area contributed by atoms with Crippen molar-refractivity contribution in [3.63, 3.8) is 0 Å². The van der Waals surface area contributed by atoms with Crippen LogP contribution in [0.2, 0.25) is 0 Å². The average molecular weight is 354 g/mol. The van der Waals surface area contributed by atoms with Gasteiger partial charge in [-0.25, -0.2) is 9.37 Å². The van der Waals surface area contributed by atoms with Crippen LogP contribution >= 0.6 is 15.9 Å². The number of halogens is 2. The lowest BCUT2D eigenvalue weighted by atomic mass is 10.1. The third-order valence-corrected chi connectivity index (χ3v) is 3.83. The van der Waals surface area contributed by atoms with Crippen molar-refractivity contribution in [1.29, 1.82) is 0 Å². The first-order valence-electron chi connectivity index (χ1n) is 7.36. The van der Waals surface area contributed by atoms with Crippen LogP contribution < -0.4 is 5.32 Å². The minimum Gasteiger partial charge on any atom is -0.333 e. The zero-order valence-corrected chi connectivity index (χ0v) is 14.0. The molecule has 1 unspecified atom stereocenters. The summed E-state index contributed by atoms with van der Waals surface area (Å²) in [5, 5.41) is 3.41. The Hall–Kier alpha value is -1.20. The Kier molecular flexibility index (Phi) is 5.94. The van der Waals surface area contributed by atoms with Gasteiger partial charge in [-0.1, -0.05) is 29.8 Å². The third kappa shape index (κ3) is 3.92. The van der Waals surface area contributed by atoms with Gasteiger partial charge in [-0.05, 0) is 37.6 Å². The fourth-order valence-corrected chi connectivity index (χ4v) is 2.75. The van der Waals surface area contributed by atoms with E-state index < -0.39 is 0 Å². The molecule has 3 nitrogen and oxygen atoms in total. The van der Waals surface area contributed by atoms with E-state index in [2.05, 4.69) is 44.6 Å². The van der Waals surface area contributed by atoms with Crippen molar-refractivity contribution in [1.82, 2.24) is 14.9 Å². The van der Waals surface area contributed by atoms with Gasteiger partial charge in [0, 0.05) is 29.0 Å². The molecule has 1 atom stereocenters. The van der Waals surface area contributed by atoms with Crippen molar-refractivity contribution in [2.45, 2.75) is 39.3 Å². The van der Waals surface area contributed by atoms with Crippen molar-refractivity contribution < 1.29 is 4.39 Å². The second-order valence-electron chi connectivity index (χ2n) is 5.03. The van der Waals surface area contributed by atoms with E-state index in [9.17, 15) is 4.39 Å². The molecule has 1 N–H and O–H groups in total. The molecule has 2 aromatic rings. The summed E-state index contributed by atoms with van der Waals surface area (Å²) in [5.74, 6) is 0.653. The molecule has 1 aromatic heterocycles. The Bertz CT molecular complexity index is 583. The van der Waals surface area contributed by atoms with E-state index in [0.29, 0.717) is 5.56 Å². The molecule has 0 bridgehead atoms. The zero-order chi connectivity index (χ0) is 15.2. The van der Waals surface area contributed by atoms with Gasteiger partial charge in [-0.2, -0.15) is 0 Å². The van der Waals surface area contributed by atoms with Gasteiger partial charge in [0.05, 0.1) is 6.04 Å². The van der Waals surface area contributed by atoms with Crippen LogP contribution in [0, 0.1) is 5.82 Å². The summed E-state index contributed by atoms with van der Waals surface area (Å²) in [4.78, 5) is 4.45. The van der Waals surface area contributed by atoms with E-state index in [4.69, 9.17) is 0 Å². The molecule has 1 heterocycles. The van der Waals surface area contributed by atoms with E-state index in [1.807, 2.05) is 12.3 Å². The topological polar surface area (TPSA) is 29.9 Å². The highest BCUT2D eigenvalue weighted by atomic mass is 79.9. The van der Waals surface area contributed by atoms with E-state index in [0.717, 1.165) is 36.2 Å². The summed E-state index contributed by atoms with van der Waals surface area (Å²) in [6, 6.07) is 4.80. The highest BCUT2D eigenvalue weighted by molar-refractivity contribution is 9.10. The summed E-state index contributed by atoms with van der Waals surface area (Å²) < 4.78 is 17.2. The summed E-state index contributed by atoms with van der Waals surface area (Å²) in [6.45, 7) is 5.92. The maximum atomic E-state index is 14.3. The standard InChI is InChI=1S/C16H21BrFN3/c1-3-7-19-15(13-11-12(17)5-6-14(13)18)16-20-8-10-21(16)9-4-2/h5-6,8,10-11,15,19H,3-4,7,9H2,1-2H3.